The summed E-state index contributed by atoms with van der Waals surface area (Å²) in [6.07, 6.45) is 1.56. The lowest BCUT2D eigenvalue weighted by molar-refractivity contribution is -0.113. The number of para-hydroxylation sites is 1. The fourth-order valence-electron chi connectivity index (χ4n) is 3.16. The lowest BCUT2D eigenvalue weighted by Crippen LogP contribution is -2.27. The number of imide groups is 1. The number of aryl methyl sites for hydroxylation is 1. The number of carbonyl (C=O) groups is 3. The molecule has 0 unspecified atom stereocenters. The predicted octanol–water partition coefficient (Wildman–Crippen LogP) is 5.28. The number of hydrogen-bond donors (Lipinski definition) is 0. The van der Waals surface area contributed by atoms with Crippen molar-refractivity contribution in [2.75, 3.05) is 12.0 Å². The smallest absolute Gasteiger partial charge is 0.337 e. The van der Waals surface area contributed by atoms with Gasteiger partial charge in [0.25, 0.3) is 11.1 Å². The maximum absolute atomic E-state index is 12.7. The minimum atomic E-state index is -0.404. The van der Waals surface area contributed by atoms with Crippen LogP contribution in [0.25, 0.3) is 17.4 Å². The molecular weight excluding hydrogens is 402 g/mol. The third-order valence-electron chi connectivity index (χ3n) is 4.62. The monoisotopic (exact) mass is 419 g/mol. The van der Waals surface area contributed by atoms with Crippen molar-refractivity contribution < 1.29 is 23.5 Å². The SMILES string of the molecule is COC(=O)c1ccc(-c2ccc(/C=C3\SC(=O)N(c4ccccc4)C3=O)o2)c(C)c1. The molecule has 0 radical (unpaired) electrons. The van der Waals surface area contributed by atoms with E-state index in [-0.39, 0.29) is 11.1 Å². The molecule has 150 valence electrons. The Morgan fingerprint density at radius 3 is 2.53 bits per heavy atom. The average Bonchev–Trinajstić information content (AvgIpc) is 3.32. The van der Waals surface area contributed by atoms with E-state index in [9.17, 15) is 14.4 Å². The summed E-state index contributed by atoms with van der Waals surface area (Å²) in [5, 5.41) is -0.349. The molecule has 0 aliphatic carbocycles. The summed E-state index contributed by atoms with van der Waals surface area (Å²) in [6, 6.07) is 17.5. The van der Waals surface area contributed by atoms with Crippen LogP contribution in [0, 0.1) is 6.92 Å². The van der Waals surface area contributed by atoms with Gasteiger partial charge in [-0.1, -0.05) is 24.3 Å². The Balaban J connectivity index is 1.59. The Hall–Kier alpha value is -3.58. The minimum absolute atomic E-state index is 0.294. The van der Waals surface area contributed by atoms with Gasteiger partial charge in [0.2, 0.25) is 0 Å². The number of thioether (sulfide) groups is 1. The highest BCUT2D eigenvalue weighted by Gasteiger charge is 2.36. The van der Waals surface area contributed by atoms with Crippen LogP contribution in [0.1, 0.15) is 21.7 Å². The van der Waals surface area contributed by atoms with E-state index in [0.29, 0.717) is 27.7 Å². The maximum atomic E-state index is 12.7. The summed E-state index contributed by atoms with van der Waals surface area (Å²) in [4.78, 5) is 38.2. The first kappa shape index (κ1) is 19.7. The third kappa shape index (κ3) is 3.67. The van der Waals surface area contributed by atoms with Gasteiger partial charge in [-0.3, -0.25) is 9.59 Å². The van der Waals surface area contributed by atoms with Gasteiger partial charge in [-0.2, -0.15) is 0 Å². The average molecular weight is 419 g/mol. The molecule has 0 saturated carbocycles. The summed E-state index contributed by atoms with van der Waals surface area (Å²) in [7, 11) is 1.34. The molecule has 1 aromatic heterocycles. The molecule has 6 nitrogen and oxygen atoms in total. The number of carbonyl (C=O) groups excluding carboxylic acids is 3. The molecule has 7 heteroatoms. The summed E-state index contributed by atoms with van der Waals surface area (Å²) < 4.78 is 10.6. The topological polar surface area (TPSA) is 76.8 Å². The lowest BCUT2D eigenvalue weighted by atomic mass is 10.0. The number of esters is 1. The van der Waals surface area contributed by atoms with Crippen molar-refractivity contribution in [2.24, 2.45) is 0 Å². The standard InChI is InChI=1S/C23H17NO5S/c1-14-12-15(22(26)28-2)8-10-18(14)19-11-9-17(29-19)13-20-21(25)24(23(27)30-20)16-6-4-3-5-7-16/h3-13H,1-2H3/b20-13-. The van der Waals surface area contributed by atoms with Crippen molar-refractivity contribution in [3.8, 4) is 11.3 Å². The van der Waals surface area contributed by atoms with Gasteiger partial charge in [0, 0.05) is 11.6 Å². The van der Waals surface area contributed by atoms with Gasteiger partial charge in [-0.25, -0.2) is 9.69 Å². The van der Waals surface area contributed by atoms with Crippen molar-refractivity contribution in [3.05, 3.63) is 82.5 Å². The second kappa shape index (κ2) is 8.04. The quantitative estimate of drug-likeness (QED) is 0.423. The van der Waals surface area contributed by atoms with Crippen molar-refractivity contribution in [1.29, 1.82) is 0 Å². The van der Waals surface area contributed by atoms with E-state index in [2.05, 4.69) is 0 Å². The fourth-order valence-corrected chi connectivity index (χ4v) is 3.98. The van der Waals surface area contributed by atoms with Crippen LogP contribution in [-0.2, 0) is 9.53 Å². The zero-order valence-corrected chi connectivity index (χ0v) is 17.1. The van der Waals surface area contributed by atoms with E-state index >= 15 is 0 Å². The Morgan fingerprint density at radius 2 is 1.83 bits per heavy atom. The second-order valence-electron chi connectivity index (χ2n) is 6.58. The molecule has 0 spiro atoms. The highest BCUT2D eigenvalue weighted by atomic mass is 32.2. The Bertz CT molecular complexity index is 1180. The number of ether oxygens (including phenoxy) is 1. The summed E-state index contributed by atoms with van der Waals surface area (Å²) in [5.41, 5.74) is 2.66. The van der Waals surface area contributed by atoms with Gasteiger partial charge in [-0.05, 0) is 60.6 Å². The number of benzene rings is 2. The van der Waals surface area contributed by atoms with Gasteiger partial charge >= 0.3 is 5.97 Å². The Kier molecular flexibility index (Phi) is 5.29. The van der Waals surface area contributed by atoms with E-state index in [1.54, 1.807) is 60.7 Å². The van der Waals surface area contributed by atoms with E-state index < -0.39 is 5.97 Å². The van der Waals surface area contributed by atoms with E-state index in [1.807, 2.05) is 13.0 Å². The van der Waals surface area contributed by atoms with Gasteiger partial charge in [0.15, 0.2) is 0 Å². The molecule has 1 aliphatic heterocycles. The Labute approximate surface area is 177 Å². The lowest BCUT2D eigenvalue weighted by Gasteiger charge is -2.11. The van der Waals surface area contributed by atoms with Crippen LogP contribution in [0.15, 0.2) is 70.0 Å². The summed E-state index contributed by atoms with van der Waals surface area (Å²) >= 11 is 0.874. The molecule has 4 rings (SSSR count). The van der Waals surface area contributed by atoms with Crippen LogP contribution in [0.2, 0.25) is 0 Å². The van der Waals surface area contributed by atoms with Crippen molar-refractivity contribution in [3.63, 3.8) is 0 Å². The number of amides is 2. The first-order valence-electron chi connectivity index (χ1n) is 9.10. The van der Waals surface area contributed by atoms with Crippen molar-refractivity contribution >= 4 is 40.6 Å². The first-order chi connectivity index (χ1) is 14.5. The number of hydrogen-bond acceptors (Lipinski definition) is 6. The van der Waals surface area contributed by atoms with E-state index in [0.717, 1.165) is 27.8 Å². The molecule has 0 atom stereocenters. The van der Waals surface area contributed by atoms with Crippen LogP contribution in [-0.4, -0.2) is 24.2 Å². The molecule has 1 fully saturated rings. The van der Waals surface area contributed by atoms with Gasteiger partial charge in [-0.15, -0.1) is 0 Å². The van der Waals surface area contributed by atoms with Crippen LogP contribution in [0.5, 0.6) is 0 Å². The molecule has 30 heavy (non-hydrogen) atoms. The summed E-state index contributed by atoms with van der Waals surface area (Å²) in [5.74, 6) is 0.268. The number of rotatable bonds is 4. The molecule has 3 aromatic rings. The van der Waals surface area contributed by atoms with Gasteiger partial charge < -0.3 is 9.15 Å². The number of anilines is 1. The third-order valence-corrected chi connectivity index (χ3v) is 5.49. The molecule has 1 saturated heterocycles. The Morgan fingerprint density at radius 1 is 1.07 bits per heavy atom. The zero-order chi connectivity index (χ0) is 21.3. The second-order valence-corrected chi connectivity index (χ2v) is 7.57. The minimum Gasteiger partial charge on any atom is -0.465 e. The largest absolute Gasteiger partial charge is 0.465 e. The van der Waals surface area contributed by atoms with Crippen LogP contribution in [0.4, 0.5) is 10.5 Å². The van der Waals surface area contributed by atoms with Crippen LogP contribution in [0.3, 0.4) is 0 Å². The predicted molar refractivity (Wildman–Crippen MR) is 115 cm³/mol. The molecular formula is C23H17NO5S. The van der Waals surface area contributed by atoms with E-state index in [1.165, 1.54) is 7.11 Å². The molecule has 2 amide bonds. The summed E-state index contributed by atoms with van der Waals surface area (Å²) in [6.45, 7) is 1.87. The number of methoxy groups -OCH3 is 1. The highest BCUT2D eigenvalue weighted by molar-refractivity contribution is 8.19. The highest BCUT2D eigenvalue weighted by Crippen LogP contribution is 2.36. The van der Waals surface area contributed by atoms with Crippen LogP contribution >= 0.6 is 11.8 Å². The molecule has 1 aliphatic rings. The van der Waals surface area contributed by atoms with Gasteiger partial charge in [0.1, 0.15) is 11.5 Å². The van der Waals surface area contributed by atoms with Crippen LogP contribution < -0.4 is 4.90 Å². The molecule has 2 aromatic carbocycles. The first-order valence-corrected chi connectivity index (χ1v) is 9.92. The fraction of sp³-hybridized carbons (Fsp3) is 0.0870. The molecule has 0 bridgehead atoms. The van der Waals surface area contributed by atoms with Crippen molar-refractivity contribution in [2.45, 2.75) is 6.92 Å². The molecule has 2 heterocycles. The van der Waals surface area contributed by atoms with Gasteiger partial charge in [0.05, 0.1) is 23.3 Å². The molecule has 0 N–H and O–H groups in total. The maximum Gasteiger partial charge on any atom is 0.337 e. The number of furan rings is 1. The normalized spacial score (nSPS) is 15.1. The van der Waals surface area contributed by atoms with E-state index in [4.69, 9.17) is 9.15 Å². The van der Waals surface area contributed by atoms with Crippen molar-refractivity contribution in [1.82, 2.24) is 0 Å². The number of nitrogens with zero attached hydrogens (tertiary/aromatic N) is 1. The zero-order valence-electron chi connectivity index (χ0n) is 16.2.